The average molecular weight is 484 g/mol. The van der Waals surface area contributed by atoms with Crippen molar-refractivity contribution < 1.29 is 0 Å². The molecule has 0 N–H and O–H groups in total. The second-order valence-electron chi connectivity index (χ2n) is 11.9. The Morgan fingerprint density at radius 1 is 0.735 bits per heavy atom. The first kappa shape index (κ1) is 30.1. The Bertz CT molecular complexity index is 906. The van der Waals surface area contributed by atoms with Crippen molar-refractivity contribution in [2.75, 3.05) is 0 Å². The Morgan fingerprint density at radius 3 is 1.59 bits per heavy atom. The van der Waals surface area contributed by atoms with Gasteiger partial charge in [-0.3, -0.25) is 4.68 Å². The minimum atomic E-state index is 0.230. The van der Waals surface area contributed by atoms with E-state index in [4.69, 9.17) is 0 Å². The third-order valence-electron chi connectivity index (χ3n) is 5.71. The summed E-state index contributed by atoms with van der Waals surface area (Å²) in [5.74, 6) is 0. The molecule has 2 aromatic heterocycles. The van der Waals surface area contributed by atoms with Crippen LogP contribution in [0.1, 0.15) is 110 Å². The predicted octanol–water partition coefficient (Wildman–Crippen LogP) is 8.75. The first-order valence-corrected chi connectivity index (χ1v) is 13.5. The van der Waals surface area contributed by atoms with Crippen LogP contribution in [0.25, 0.3) is 0 Å². The monoisotopic (exact) mass is 483 g/mol. The van der Waals surface area contributed by atoms with Gasteiger partial charge >= 0.3 is 0 Å². The van der Waals surface area contributed by atoms with Gasteiger partial charge in [-0.2, -0.15) is 9.47 Å². The fourth-order valence-corrected chi connectivity index (χ4v) is 3.86. The van der Waals surface area contributed by atoms with Gasteiger partial charge in [0.2, 0.25) is 0 Å². The topological polar surface area (TPSA) is 30.7 Å². The van der Waals surface area contributed by atoms with Gasteiger partial charge in [-0.15, -0.1) is 0 Å². The van der Waals surface area contributed by atoms with Crippen LogP contribution in [-0.2, 0) is 35.6 Å². The van der Waals surface area contributed by atoms with E-state index in [9.17, 15) is 0 Å². The van der Waals surface area contributed by atoms with Crippen LogP contribution < -0.4 is 0 Å². The average Bonchev–Trinajstić information content (AvgIpc) is 3.43. The van der Waals surface area contributed by atoms with E-state index in [0.717, 1.165) is 19.4 Å². The van der Waals surface area contributed by atoms with Crippen LogP contribution in [0.4, 0.5) is 0 Å². The van der Waals surface area contributed by atoms with Crippen molar-refractivity contribution in [2.45, 2.75) is 119 Å². The molecule has 3 rings (SSSR count). The van der Waals surface area contributed by atoms with E-state index < -0.39 is 0 Å². The summed E-state index contributed by atoms with van der Waals surface area (Å²) in [5.41, 5.74) is 6.15. The van der Waals surface area contributed by atoms with Crippen LogP contribution in [-0.4, -0.2) is 14.2 Å². The van der Waals surface area contributed by atoms with Crippen molar-refractivity contribution in [1.82, 2.24) is 14.2 Å². The molecule has 0 amide bonds. The first-order chi connectivity index (χ1) is 15.6. The molecule has 0 atom stereocenters. The summed E-state index contributed by atoms with van der Waals surface area (Å²) in [7, 11) is 0. The highest BCUT2D eigenvalue weighted by atomic mass is 32.1. The van der Waals surface area contributed by atoms with Gasteiger partial charge in [0.25, 0.3) is 0 Å². The number of benzene rings is 1. The molecule has 0 fully saturated rings. The lowest BCUT2D eigenvalue weighted by Crippen LogP contribution is -2.10. The highest BCUT2D eigenvalue weighted by molar-refractivity contribution is 7.06. The minimum Gasteiger partial charge on any atom is -0.273 e. The van der Waals surface area contributed by atoms with E-state index in [0.29, 0.717) is 0 Å². The van der Waals surface area contributed by atoms with Crippen LogP contribution in [0.2, 0.25) is 0 Å². The molecule has 3 aromatic rings. The molecule has 0 aliphatic carbocycles. The number of rotatable bonds is 3. The molecule has 0 bridgehead atoms. The third-order valence-corrected chi connectivity index (χ3v) is 6.96. The molecule has 3 nitrogen and oxygen atoms in total. The van der Waals surface area contributed by atoms with Crippen LogP contribution in [0.5, 0.6) is 0 Å². The summed E-state index contributed by atoms with van der Waals surface area (Å²) < 4.78 is 6.30. The van der Waals surface area contributed by atoms with Gasteiger partial charge in [-0.25, -0.2) is 0 Å². The van der Waals surface area contributed by atoms with Crippen LogP contribution in [0.15, 0.2) is 42.7 Å². The Balaban J connectivity index is 0.000000255. The summed E-state index contributed by atoms with van der Waals surface area (Å²) in [4.78, 5) is 1.38. The van der Waals surface area contributed by atoms with E-state index in [1.54, 1.807) is 11.5 Å². The highest BCUT2D eigenvalue weighted by Gasteiger charge is 2.16. The molecule has 2 heterocycles. The van der Waals surface area contributed by atoms with Crippen molar-refractivity contribution >= 4 is 11.5 Å². The predicted molar refractivity (Wildman–Crippen MR) is 151 cm³/mol. The number of hydrogen-bond acceptors (Lipinski definition) is 3. The lowest BCUT2D eigenvalue weighted by Gasteiger charge is -2.18. The summed E-state index contributed by atoms with van der Waals surface area (Å²) in [6, 6.07) is 11.1. The summed E-state index contributed by atoms with van der Waals surface area (Å²) >= 11 is 1.63. The Hall–Kier alpha value is -1.94. The number of aromatic nitrogens is 3. The van der Waals surface area contributed by atoms with Gasteiger partial charge in [0.05, 0.1) is 11.9 Å². The maximum absolute atomic E-state index is 4.34. The van der Waals surface area contributed by atoms with Gasteiger partial charge in [-0.1, -0.05) is 100 Å². The van der Waals surface area contributed by atoms with E-state index in [1.165, 1.54) is 27.3 Å². The molecule has 4 heteroatoms. The largest absolute Gasteiger partial charge is 0.273 e. The van der Waals surface area contributed by atoms with E-state index in [-0.39, 0.29) is 16.2 Å². The molecule has 190 valence electrons. The molecule has 0 unspecified atom stereocenters. The zero-order valence-corrected chi connectivity index (χ0v) is 24.7. The van der Waals surface area contributed by atoms with Crippen LogP contribution in [0, 0.1) is 0 Å². The van der Waals surface area contributed by atoms with Gasteiger partial charge in [0.15, 0.2) is 0 Å². The highest BCUT2D eigenvalue weighted by Crippen LogP contribution is 2.26. The normalized spacial score (nSPS) is 11.9. The quantitative estimate of drug-likeness (QED) is 0.373. The Labute approximate surface area is 214 Å². The zero-order valence-electron chi connectivity index (χ0n) is 23.9. The van der Waals surface area contributed by atoms with E-state index in [1.807, 2.05) is 10.9 Å². The number of hydrogen-bond donors (Lipinski definition) is 0. The van der Waals surface area contributed by atoms with Crippen molar-refractivity contribution in [3.8, 4) is 0 Å². The van der Waals surface area contributed by atoms with Crippen molar-refractivity contribution in [1.29, 1.82) is 0 Å². The van der Waals surface area contributed by atoms with Gasteiger partial charge in [-0.05, 0) is 70.3 Å². The van der Waals surface area contributed by atoms with Crippen molar-refractivity contribution in [3.63, 3.8) is 0 Å². The van der Waals surface area contributed by atoms with E-state index >= 15 is 0 Å². The summed E-state index contributed by atoms with van der Waals surface area (Å²) in [6.45, 7) is 27.4. The first-order valence-electron chi connectivity index (χ1n) is 12.7. The van der Waals surface area contributed by atoms with Gasteiger partial charge < -0.3 is 0 Å². The standard InChI is InChI=1S/C12H18.C9H16N2.C9H15NS/c1-5-10-6-8-11(9-7-10)12(2,3)4;1-5-11-7-8(6-10-11)9(2,3)4;1-5-7-6-8(11-10-7)9(2,3)4/h6-9H,5H2,1-4H3;6-7H,5H2,1-4H3;6H,5H2,1-4H3. The second kappa shape index (κ2) is 12.7. The maximum atomic E-state index is 4.34. The zero-order chi connectivity index (χ0) is 26.2. The van der Waals surface area contributed by atoms with E-state index in [2.05, 4.69) is 129 Å². The third kappa shape index (κ3) is 10.1. The Morgan fingerprint density at radius 2 is 1.29 bits per heavy atom. The van der Waals surface area contributed by atoms with Gasteiger partial charge in [0.1, 0.15) is 0 Å². The molecular weight excluding hydrogens is 434 g/mol. The van der Waals surface area contributed by atoms with Crippen LogP contribution in [0.3, 0.4) is 0 Å². The molecule has 0 aliphatic heterocycles. The number of nitrogens with zero attached hydrogens (tertiary/aromatic N) is 3. The summed E-state index contributed by atoms with van der Waals surface area (Å²) in [5, 5.41) is 4.22. The molecular formula is C30H49N3S. The smallest absolute Gasteiger partial charge is 0.0542 e. The Kier molecular flexibility index (Phi) is 11.2. The number of aryl methyl sites for hydroxylation is 3. The lowest BCUT2D eigenvalue weighted by molar-refractivity contribution is 0.586. The fourth-order valence-electron chi connectivity index (χ4n) is 3.00. The summed E-state index contributed by atoms with van der Waals surface area (Å²) in [6.07, 6.45) is 6.24. The van der Waals surface area contributed by atoms with Crippen LogP contribution >= 0.6 is 11.5 Å². The maximum Gasteiger partial charge on any atom is 0.0542 e. The molecule has 0 saturated heterocycles. The molecule has 0 saturated carbocycles. The SMILES string of the molecule is CCc1cc(C(C)(C)C)sn1.CCc1ccc(C(C)(C)C)cc1.CCn1cc(C(C)(C)C)cn1. The van der Waals surface area contributed by atoms with Crippen molar-refractivity contribution in [3.05, 3.63) is 70.0 Å². The van der Waals surface area contributed by atoms with Gasteiger partial charge in [0, 0.05) is 17.6 Å². The minimum absolute atomic E-state index is 0.230. The fraction of sp³-hybridized carbons (Fsp3) is 0.600. The van der Waals surface area contributed by atoms with Crippen molar-refractivity contribution in [2.24, 2.45) is 0 Å². The molecule has 0 aliphatic rings. The molecule has 0 radical (unpaired) electrons. The molecule has 1 aromatic carbocycles. The second-order valence-corrected chi connectivity index (χ2v) is 12.7. The molecule has 34 heavy (non-hydrogen) atoms. The molecule has 0 spiro atoms. The lowest BCUT2D eigenvalue weighted by atomic mass is 9.86.